The molecule has 12 heavy (non-hydrogen) atoms. The minimum Gasteiger partial charge on any atom is -0.309 e. The first-order chi connectivity index (χ1) is 5.59. The minimum absolute atomic E-state index is 0.615. The lowest BCUT2D eigenvalue weighted by molar-refractivity contribution is 0.409. The number of H-pyrrole nitrogens is 1. The van der Waals surface area contributed by atoms with Crippen LogP contribution in [0.2, 0.25) is 0 Å². The number of nitrogens with zero attached hydrogens (tertiary/aromatic N) is 3. The summed E-state index contributed by atoms with van der Waals surface area (Å²) in [4.78, 5) is 6.29. The average molecular weight is 186 g/mol. The van der Waals surface area contributed by atoms with Gasteiger partial charge in [0, 0.05) is 20.0 Å². The highest BCUT2D eigenvalue weighted by Gasteiger charge is 1.99. The third kappa shape index (κ3) is 2.42. The van der Waals surface area contributed by atoms with Gasteiger partial charge in [-0.15, -0.1) is 0 Å². The summed E-state index contributed by atoms with van der Waals surface area (Å²) in [5.74, 6) is 0.955. The molecule has 0 aliphatic heterocycles. The van der Waals surface area contributed by atoms with Crippen LogP contribution in [0.25, 0.3) is 0 Å². The van der Waals surface area contributed by atoms with E-state index in [9.17, 15) is 0 Å². The Balaban J connectivity index is 2.59. The summed E-state index contributed by atoms with van der Waals surface area (Å²) in [6.45, 7) is 0.988. The van der Waals surface area contributed by atoms with Crippen LogP contribution >= 0.6 is 12.2 Å². The fourth-order valence-corrected chi connectivity index (χ4v) is 1.05. The molecular formula is C7H14N4S. The molecule has 5 heteroatoms. The lowest BCUT2D eigenvalue weighted by Crippen LogP contribution is -2.15. The monoisotopic (exact) mass is 186 g/mol. The number of hydrogen-bond acceptors (Lipinski definition) is 3. The first kappa shape index (κ1) is 9.41. The summed E-state index contributed by atoms with van der Waals surface area (Å²) in [7, 11) is 5.95. The van der Waals surface area contributed by atoms with Gasteiger partial charge in [-0.1, -0.05) is 0 Å². The second-order valence-electron chi connectivity index (χ2n) is 3.07. The van der Waals surface area contributed by atoms with Crippen molar-refractivity contribution in [3.8, 4) is 0 Å². The molecule has 0 saturated heterocycles. The maximum atomic E-state index is 4.96. The molecule has 1 N–H and O–H groups in total. The van der Waals surface area contributed by atoms with Gasteiger partial charge in [0.05, 0.1) is 0 Å². The van der Waals surface area contributed by atoms with Crippen LogP contribution in [-0.4, -0.2) is 40.3 Å². The minimum atomic E-state index is 0.615. The first-order valence-electron chi connectivity index (χ1n) is 3.86. The van der Waals surface area contributed by atoms with Crippen molar-refractivity contribution < 1.29 is 0 Å². The van der Waals surface area contributed by atoms with E-state index in [4.69, 9.17) is 12.2 Å². The van der Waals surface area contributed by atoms with Crippen LogP contribution in [-0.2, 0) is 13.5 Å². The van der Waals surface area contributed by atoms with Crippen molar-refractivity contribution in [2.75, 3.05) is 20.6 Å². The summed E-state index contributed by atoms with van der Waals surface area (Å²) < 4.78 is 2.36. The quantitative estimate of drug-likeness (QED) is 0.702. The van der Waals surface area contributed by atoms with Crippen LogP contribution in [0, 0.1) is 4.77 Å². The highest BCUT2D eigenvalue weighted by atomic mass is 32.1. The Bertz CT molecular complexity index is 299. The van der Waals surface area contributed by atoms with E-state index < -0.39 is 0 Å². The molecule has 1 aromatic heterocycles. The van der Waals surface area contributed by atoms with Crippen LogP contribution in [0.15, 0.2) is 0 Å². The van der Waals surface area contributed by atoms with Gasteiger partial charge in [-0.25, -0.2) is 4.98 Å². The average Bonchev–Trinajstić information content (AvgIpc) is 2.28. The Labute approximate surface area is 77.2 Å². The summed E-state index contributed by atoms with van der Waals surface area (Å²) in [6, 6.07) is 0. The summed E-state index contributed by atoms with van der Waals surface area (Å²) in [5.41, 5.74) is 0. The molecule has 1 heterocycles. The lowest BCUT2D eigenvalue weighted by atomic mass is 10.4. The third-order valence-electron chi connectivity index (χ3n) is 1.61. The number of nitrogens with one attached hydrogen (secondary N) is 1. The van der Waals surface area contributed by atoms with Crippen LogP contribution < -0.4 is 0 Å². The fourth-order valence-electron chi connectivity index (χ4n) is 0.898. The Morgan fingerprint density at radius 1 is 1.58 bits per heavy atom. The first-order valence-corrected chi connectivity index (χ1v) is 4.27. The van der Waals surface area contributed by atoms with Crippen LogP contribution in [0.4, 0.5) is 0 Å². The Kier molecular flexibility index (Phi) is 2.99. The molecule has 0 bridgehead atoms. The highest BCUT2D eigenvalue weighted by Crippen LogP contribution is 1.92. The number of likely N-dealkylation sites (N-methyl/N-ethyl adjacent to an activating group) is 1. The molecule has 4 nitrogen and oxygen atoms in total. The predicted molar refractivity (Wildman–Crippen MR) is 50.7 cm³/mol. The number of aromatic nitrogens is 3. The van der Waals surface area contributed by atoms with E-state index in [0.717, 1.165) is 18.8 Å². The zero-order valence-electron chi connectivity index (χ0n) is 7.66. The van der Waals surface area contributed by atoms with Crippen LogP contribution in [0.1, 0.15) is 5.82 Å². The highest BCUT2D eigenvalue weighted by molar-refractivity contribution is 7.71. The zero-order chi connectivity index (χ0) is 9.14. The van der Waals surface area contributed by atoms with Crippen molar-refractivity contribution >= 4 is 12.2 Å². The second-order valence-corrected chi connectivity index (χ2v) is 3.43. The molecule has 0 amide bonds. The number of aromatic amines is 1. The largest absolute Gasteiger partial charge is 0.309 e. The van der Waals surface area contributed by atoms with E-state index in [2.05, 4.69) is 15.0 Å². The normalized spacial score (nSPS) is 11.0. The molecule has 68 valence electrons. The van der Waals surface area contributed by atoms with Gasteiger partial charge in [-0.05, 0) is 26.3 Å². The van der Waals surface area contributed by atoms with Gasteiger partial charge in [-0.3, -0.25) is 9.78 Å². The molecule has 0 radical (unpaired) electrons. The van der Waals surface area contributed by atoms with Gasteiger partial charge in [0.2, 0.25) is 4.77 Å². The van der Waals surface area contributed by atoms with Crippen LogP contribution in [0.5, 0.6) is 0 Å². The SMILES string of the molecule is CN(C)CCc1nc(=S)n(C)[nH]1. The van der Waals surface area contributed by atoms with E-state index in [1.165, 1.54) is 0 Å². The van der Waals surface area contributed by atoms with Gasteiger partial charge in [0.1, 0.15) is 5.82 Å². The van der Waals surface area contributed by atoms with Crippen LogP contribution in [0.3, 0.4) is 0 Å². The Morgan fingerprint density at radius 3 is 2.67 bits per heavy atom. The molecule has 0 aromatic carbocycles. The molecule has 0 aliphatic carbocycles. The third-order valence-corrected chi connectivity index (χ3v) is 1.98. The van der Waals surface area contributed by atoms with E-state index >= 15 is 0 Å². The van der Waals surface area contributed by atoms with Crippen molar-refractivity contribution in [3.05, 3.63) is 10.6 Å². The maximum Gasteiger partial charge on any atom is 0.215 e. The van der Waals surface area contributed by atoms with E-state index in [1.54, 1.807) is 4.68 Å². The van der Waals surface area contributed by atoms with E-state index in [0.29, 0.717) is 4.77 Å². The molecule has 0 atom stereocenters. The van der Waals surface area contributed by atoms with Crippen molar-refractivity contribution in [1.29, 1.82) is 0 Å². The molecule has 1 aromatic rings. The lowest BCUT2D eigenvalue weighted by Gasteiger charge is -2.06. The molecule has 0 unspecified atom stereocenters. The van der Waals surface area contributed by atoms with Gasteiger partial charge < -0.3 is 4.90 Å². The molecule has 0 saturated carbocycles. The number of rotatable bonds is 3. The van der Waals surface area contributed by atoms with Gasteiger partial charge in [0.25, 0.3) is 0 Å². The zero-order valence-corrected chi connectivity index (χ0v) is 8.48. The summed E-state index contributed by atoms with van der Waals surface area (Å²) in [6.07, 6.45) is 0.914. The van der Waals surface area contributed by atoms with E-state index in [-0.39, 0.29) is 0 Å². The smallest absolute Gasteiger partial charge is 0.215 e. The molecule has 0 fully saturated rings. The van der Waals surface area contributed by atoms with Gasteiger partial charge >= 0.3 is 0 Å². The summed E-state index contributed by atoms with van der Waals surface area (Å²) >= 11 is 4.96. The molecular weight excluding hydrogens is 172 g/mol. The van der Waals surface area contributed by atoms with Crippen molar-refractivity contribution in [2.45, 2.75) is 6.42 Å². The summed E-state index contributed by atoms with van der Waals surface area (Å²) in [5, 5.41) is 3.07. The predicted octanol–water partition coefficient (Wildman–Crippen LogP) is 0.582. The van der Waals surface area contributed by atoms with Crippen molar-refractivity contribution in [2.24, 2.45) is 7.05 Å². The topological polar surface area (TPSA) is 36.9 Å². The van der Waals surface area contributed by atoms with E-state index in [1.807, 2.05) is 21.1 Å². The number of aryl methyl sites for hydroxylation is 1. The van der Waals surface area contributed by atoms with Gasteiger partial charge in [-0.2, -0.15) is 0 Å². The number of hydrogen-bond donors (Lipinski definition) is 1. The molecule has 0 spiro atoms. The van der Waals surface area contributed by atoms with Gasteiger partial charge in [0.15, 0.2) is 0 Å². The second kappa shape index (κ2) is 3.82. The molecule has 0 aliphatic rings. The molecule has 1 rings (SSSR count). The standard InChI is InChI=1S/C7H14N4S/c1-10(2)5-4-6-8-7(12)11(3)9-6/h4-5H2,1-3H3,(H,8,9,12). The maximum absolute atomic E-state index is 4.96. The Morgan fingerprint density at radius 2 is 2.25 bits per heavy atom. The Hall–Kier alpha value is -0.680. The fraction of sp³-hybridized carbons (Fsp3) is 0.714. The van der Waals surface area contributed by atoms with Crippen molar-refractivity contribution in [1.82, 2.24) is 19.7 Å². The van der Waals surface area contributed by atoms with Crippen molar-refractivity contribution in [3.63, 3.8) is 0 Å².